The maximum Gasteiger partial charge on any atom is 0.313 e. The van der Waals surface area contributed by atoms with Crippen molar-refractivity contribution in [3.63, 3.8) is 0 Å². The molecule has 0 spiro atoms. The third-order valence-electron chi connectivity index (χ3n) is 3.95. The number of aryl methyl sites for hydroxylation is 3. The van der Waals surface area contributed by atoms with Crippen molar-refractivity contribution >= 4 is 17.5 Å². The second-order valence-electron chi connectivity index (χ2n) is 5.80. The lowest BCUT2D eigenvalue weighted by Gasteiger charge is -2.12. The Labute approximate surface area is 140 Å². The topological polar surface area (TPSA) is 91.6 Å². The van der Waals surface area contributed by atoms with E-state index in [4.69, 9.17) is 4.42 Å². The van der Waals surface area contributed by atoms with Crippen molar-refractivity contribution in [1.29, 1.82) is 0 Å². The molecule has 0 saturated carbocycles. The molecule has 128 valence electrons. The molecule has 1 aromatic heterocycles. The fourth-order valence-electron chi connectivity index (χ4n) is 2.43. The maximum atomic E-state index is 12.0. The zero-order valence-corrected chi connectivity index (χ0v) is 14.3. The van der Waals surface area contributed by atoms with Crippen LogP contribution < -0.4 is 10.6 Å². The predicted octanol–water partition coefficient (Wildman–Crippen LogP) is 2.30. The summed E-state index contributed by atoms with van der Waals surface area (Å²) in [6, 6.07) is 7.18. The maximum absolute atomic E-state index is 12.0. The molecule has 2 rings (SSSR count). The van der Waals surface area contributed by atoms with Gasteiger partial charge in [-0.15, -0.1) is 0 Å². The minimum atomic E-state index is -0.931. The van der Waals surface area contributed by atoms with Crippen LogP contribution in [0.4, 0.5) is 5.69 Å². The molecule has 0 aliphatic heterocycles. The first kappa shape index (κ1) is 17.7. The minimum absolute atomic E-state index is 0.0706. The first-order chi connectivity index (χ1) is 11.3. The number of anilines is 1. The highest BCUT2D eigenvalue weighted by Gasteiger charge is 2.19. The van der Waals surface area contributed by atoms with Crippen LogP contribution in [0, 0.1) is 27.7 Å². The van der Waals surface area contributed by atoms with Crippen LogP contribution in [-0.2, 0) is 9.59 Å². The van der Waals surface area contributed by atoms with Crippen LogP contribution in [-0.4, -0.2) is 23.5 Å². The van der Waals surface area contributed by atoms with E-state index in [2.05, 4.69) is 10.6 Å². The van der Waals surface area contributed by atoms with Gasteiger partial charge < -0.3 is 20.2 Å². The van der Waals surface area contributed by atoms with Gasteiger partial charge in [0.15, 0.2) is 0 Å². The van der Waals surface area contributed by atoms with Gasteiger partial charge in [0.1, 0.15) is 11.5 Å². The number of hydrogen-bond donors (Lipinski definition) is 3. The summed E-state index contributed by atoms with van der Waals surface area (Å²) in [5.74, 6) is -0.293. The average Bonchev–Trinajstić information content (AvgIpc) is 2.87. The van der Waals surface area contributed by atoms with Crippen LogP contribution in [0.15, 0.2) is 28.7 Å². The van der Waals surface area contributed by atoms with E-state index in [1.807, 2.05) is 26.0 Å². The van der Waals surface area contributed by atoms with Gasteiger partial charge in [-0.3, -0.25) is 9.59 Å². The second kappa shape index (κ2) is 7.31. The third-order valence-corrected chi connectivity index (χ3v) is 3.95. The summed E-state index contributed by atoms with van der Waals surface area (Å²) in [7, 11) is 0. The van der Waals surface area contributed by atoms with Gasteiger partial charge in [0.2, 0.25) is 0 Å². The molecule has 6 heteroatoms. The van der Waals surface area contributed by atoms with E-state index in [0.717, 1.165) is 11.1 Å². The quantitative estimate of drug-likeness (QED) is 0.750. The van der Waals surface area contributed by atoms with Crippen molar-refractivity contribution in [1.82, 2.24) is 5.32 Å². The highest BCUT2D eigenvalue weighted by Crippen LogP contribution is 2.21. The van der Waals surface area contributed by atoms with Crippen LogP contribution in [0.25, 0.3) is 0 Å². The Balaban J connectivity index is 1.93. The fourth-order valence-corrected chi connectivity index (χ4v) is 2.43. The van der Waals surface area contributed by atoms with Crippen LogP contribution >= 0.6 is 0 Å². The van der Waals surface area contributed by atoms with Gasteiger partial charge in [0.05, 0.1) is 6.10 Å². The first-order valence-corrected chi connectivity index (χ1v) is 7.70. The van der Waals surface area contributed by atoms with Crippen LogP contribution in [0.5, 0.6) is 0 Å². The zero-order valence-electron chi connectivity index (χ0n) is 14.3. The van der Waals surface area contributed by atoms with Gasteiger partial charge in [-0.2, -0.15) is 0 Å². The molecule has 1 unspecified atom stereocenters. The Morgan fingerprint density at radius 1 is 1.17 bits per heavy atom. The SMILES string of the molecule is Cc1cc(C(O)CNC(=O)C(=O)Nc2cccc(C)c2C)c(C)o1. The van der Waals surface area contributed by atoms with E-state index in [0.29, 0.717) is 22.8 Å². The number of carbonyl (C=O) groups excluding carboxylic acids is 2. The number of benzene rings is 1. The molecule has 0 fully saturated rings. The molecule has 1 atom stereocenters. The van der Waals surface area contributed by atoms with Gasteiger partial charge in [0, 0.05) is 17.8 Å². The monoisotopic (exact) mass is 330 g/mol. The molecule has 1 heterocycles. The second-order valence-corrected chi connectivity index (χ2v) is 5.80. The largest absolute Gasteiger partial charge is 0.466 e. The van der Waals surface area contributed by atoms with Gasteiger partial charge in [-0.1, -0.05) is 12.1 Å². The summed E-state index contributed by atoms with van der Waals surface area (Å²) in [6.07, 6.45) is -0.931. The molecule has 6 nitrogen and oxygen atoms in total. The molecule has 2 amide bonds. The standard InChI is InChI=1S/C18H22N2O4/c1-10-6-5-7-15(12(10)3)20-18(23)17(22)19-9-16(21)14-8-11(2)24-13(14)4/h5-8,16,21H,9H2,1-4H3,(H,19,22)(H,20,23). The Kier molecular flexibility index (Phi) is 5.41. The van der Waals surface area contributed by atoms with Crippen molar-refractivity contribution in [2.24, 2.45) is 0 Å². The number of amides is 2. The Hall–Kier alpha value is -2.60. The van der Waals surface area contributed by atoms with E-state index in [1.54, 1.807) is 26.0 Å². The van der Waals surface area contributed by atoms with Crippen LogP contribution in [0.1, 0.15) is 34.3 Å². The molecular formula is C18H22N2O4. The summed E-state index contributed by atoms with van der Waals surface area (Å²) in [6.45, 7) is 7.24. The third kappa shape index (κ3) is 4.02. The smallest absolute Gasteiger partial charge is 0.313 e. The number of aliphatic hydroxyl groups excluding tert-OH is 1. The summed E-state index contributed by atoms with van der Waals surface area (Å²) in [5.41, 5.74) is 3.12. The molecular weight excluding hydrogens is 308 g/mol. The summed E-state index contributed by atoms with van der Waals surface area (Å²) in [5, 5.41) is 15.1. The molecule has 24 heavy (non-hydrogen) atoms. The van der Waals surface area contributed by atoms with Crippen LogP contribution in [0.2, 0.25) is 0 Å². The number of carbonyl (C=O) groups is 2. The summed E-state index contributed by atoms with van der Waals surface area (Å²) in [4.78, 5) is 23.9. The number of aliphatic hydroxyl groups is 1. The van der Waals surface area contributed by atoms with E-state index in [-0.39, 0.29) is 6.54 Å². The normalized spacial score (nSPS) is 11.9. The Bertz CT molecular complexity index is 764. The van der Waals surface area contributed by atoms with E-state index >= 15 is 0 Å². The molecule has 0 saturated heterocycles. The van der Waals surface area contributed by atoms with Crippen LogP contribution in [0.3, 0.4) is 0 Å². The summed E-state index contributed by atoms with van der Waals surface area (Å²) < 4.78 is 5.34. The van der Waals surface area contributed by atoms with Gasteiger partial charge in [-0.05, 0) is 51.0 Å². The predicted molar refractivity (Wildman–Crippen MR) is 90.7 cm³/mol. The van der Waals surface area contributed by atoms with Gasteiger partial charge >= 0.3 is 11.8 Å². The lowest BCUT2D eigenvalue weighted by molar-refractivity contribution is -0.136. The van der Waals surface area contributed by atoms with Crippen molar-refractivity contribution in [2.75, 3.05) is 11.9 Å². The van der Waals surface area contributed by atoms with Gasteiger partial charge in [0.25, 0.3) is 0 Å². The van der Waals surface area contributed by atoms with Crippen molar-refractivity contribution in [3.05, 3.63) is 52.5 Å². The van der Waals surface area contributed by atoms with Crippen molar-refractivity contribution in [2.45, 2.75) is 33.8 Å². The lowest BCUT2D eigenvalue weighted by atomic mass is 10.1. The lowest BCUT2D eigenvalue weighted by Crippen LogP contribution is -2.37. The number of nitrogens with one attached hydrogen (secondary N) is 2. The van der Waals surface area contributed by atoms with Crippen molar-refractivity contribution in [3.8, 4) is 0 Å². The van der Waals surface area contributed by atoms with E-state index in [1.165, 1.54) is 0 Å². The molecule has 0 bridgehead atoms. The molecule has 0 radical (unpaired) electrons. The Morgan fingerprint density at radius 2 is 1.88 bits per heavy atom. The minimum Gasteiger partial charge on any atom is -0.466 e. The average molecular weight is 330 g/mol. The molecule has 0 aliphatic carbocycles. The molecule has 2 aromatic rings. The molecule has 3 N–H and O–H groups in total. The molecule has 1 aromatic carbocycles. The van der Waals surface area contributed by atoms with E-state index < -0.39 is 17.9 Å². The van der Waals surface area contributed by atoms with Gasteiger partial charge in [-0.25, -0.2) is 0 Å². The Morgan fingerprint density at radius 3 is 2.50 bits per heavy atom. The summed E-state index contributed by atoms with van der Waals surface area (Å²) >= 11 is 0. The van der Waals surface area contributed by atoms with Crippen molar-refractivity contribution < 1.29 is 19.1 Å². The van der Waals surface area contributed by atoms with E-state index in [9.17, 15) is 14.7 Å². The number of furan rings is 1. The molecule has 0 aliphatic rings. The zero-order chi connectivity index (χ0) is 17.9. The first-order valence-electron chi connectivity index (χ1n) is 7.70. The number of rotatable bonds is 4. The highest BCUT2D eigenvalue weighted by molar-refractivity contribution is 6.39. The fraction of sp³-hybridized carbons (Fsp3) is 0.333. The number of hydrogen-bond acceptors (Lipinski definition) is 4. The highest BCUT2D eigenvalue weighted by atomic mass is 16.3.